The lowest BCUT2D eigenvalue weighted by atomic mass is 9.75. The predicted octanol–water partition coefficient (Wildman–Crippen LogP) is 3.69. The van der Waals surface area contributed by atoms with E-state index < -0.39 is 95.5 Å². The van der Waals surface area contributed by atoms with Gasteiger partial charge in [-0.05, 0) is 112 Å². The Hall–Kier alpha value is -2.39. The van der Waals surface area contributed by atoms with Crippen LogP contribution in [0.5, 0.6) is 17.2 Å². The quantitative estimate of drug-likeness (QED) is 0.0986. The van der Waals surface area contributed by atoms with Crippen molar-refractivity contribution in [3.05, 3.63) is 18.2 Å². The highest BCUT2D eigenvalue weighted by Gasteiger charge is 2.58. The summed E-state index contributed by atoms with van der Waals surface area (Å²) in [5, 5.41) is 58.5. The summed E-state index contributed by atoms with van der Waals surface area (Å²) >= 11 is 0. The largest absolute Gasteiger partial charge is 0.497 e. The summed E-state index contributed by atoms with van der Waals surface area (Å²) in [6, 6.07) is 4.35. The molecule has 0 aromatic heterocycles. The van der Waals surface area contributed by atoms with Crippen LogP contribution in [0.3, 0.4) is 0 Å². The van der Waals surface area contributed by atoms with E-state index >= 15 is 0 Å². The molecule has 17 nitrogen and oxygen atoms in total. The zero-order valence-electron chi connectivity index (χ0n) is 41.8. The molecule has 0 unspecified atom stereocenters. The summed E-state index contributed by atoms with van der Waals surface area (Å²) in [5.74, 6) is -1.34. The fourth-order valence-corrected chi connectivity index (χ4v) is 10.1. The summed E-state index contributed by atoms with van der Waals surface area (Å²) in [6.45, 7) is 21.0. The minimum absolute atomic E-state index is 0.0789. The molecule has 17 heteroatoms. The van der Waals surface area contributed by atoms with Crippen molar-refractivity contribution in [3.63, 3.8) is 0 Å². The van der Waals surface area contributed by atoms with Crippen LogP contribution in [0.25, 0.3) is 0 Å². The number of nitrogens with one attached hydrogen (secondary N) is 3. The van der Waals surface area contributed by atoms with E-state index in [1.165, 1.54) is 6.92 Å². The molecule has 18 atom stereocenters. The van der Waals surface area contributed by atoms with Crippen molar-refractivity contribution in [1.82, 2.24) is 16.0 Å². The number of cyclic esters (lactones) is 1. The van der Waals surface area contributed by atoms with Gasteiger partial charge >= 0.3 is 5.97 Å². The van der Waals surface area contributed by atoms with Crippen LogP contribution in [0.15, 0.2) is 18.2 Å². The Labute approximate surface area is 388 Å². The second-order valence-electron chi connectivity index (χ2n) is 19.7. The second kappa shape index (κ2) is 23.3. The summed E-state index contributed by atoms with van der Waals surface area (Å²) in [7, 11) is 6.50. The van der Waals surface area contributed by atoms with Gasteiger partial charge < -0.3 is 79.0 Å². The van der Waals surface area contributed by atoms with Gasteiger partial charge in [-0.15, -0.1) is 0 Å². The van der Waals surface area contributed by atoms with Gasteiger partial charge in [-0.3, -0.25) is 4.79 Å². The number of ether oxygens (including phenoxy) is 9. The average Bonchev–Trinajstić information content (AvgIpc) is 3.26. The van der Waals surface area contributed by atoms with Gasteiger partial charge in [-0.25, -0.2) is 0 Å². The Kier molecular flexibility index (Phi) is 19.8. The number of benzene rings is 1. The maximum atomic E-state index is 14.6. The number of carbonyl (C=O) groups is 1. The standard InChI is InChI=1S/C48H85N3O14/c1-16-20-50-26-48(56)32(8)61-38(24-46(48,10)59-15)64-39-29(5)42(65-44-40(34(49-12)21-28(4)60-44)62-36-22-33(57-13)18-19-35(36)58-14)45(9,54)23-27(3)25-51-31(7)41(52)47(11,55)37(17-2)63-43(53)30(39)6/h18-19,22,27-32,34,37-42,44,49-52,54-56H,16-17,20-21,23-26H2,1-15H3/t27-,28-,29+,30-,31-,32+,34+,37-,38+,39+,40-,41-,42-,44+,45-,46-,47-,48+/m1/s1. The highest BCUT2D eigenvalue weighted by molar-refractivity contribution is 5.73. The molecular formula is C48H85N3O14. The number of aliphatic hydroxyl groups is 4. The first-order valence-corrected chi connectivity index (χ1v) is 23.7. The summed E-state index contributed by atoms with van der Waals surface area (Å²) in [6.07, 6.45) is -6.63. The van der Waals surface area contributed by atoms with Crippen molar-refractivity contribution in [3.8, 4) is 17.2 Å². The molecule has 4 rings (SSSR count). The first-order chi connectivity index (χ1) is 30.5. The van der Waals surface area contributed by atoms with Crippen LogP contribution in [-0.2, 0) is 33.2 Å². The molecule has 3 saturated heterocycles. The van der Waals surface area contributed by atoms with E-state index in [4.69, 9.17) is 42.6 Å². The number of aliphatic hydroxyl groups excluding tert-OH is 1. The van der Waals surface area contributed by atoms with E-state index in [9.17, 15) is 25.2 Å². The Morgan fingerprint density at radius 1 is 0.908 bits per heavy atom. The minimum Gasteiger partial charge on any atom is -0.497 e. The molecule has 3 fully saturated rings. The van der Waals surface area contributed by atoms with Crippen LogP contribution in [0, 0.1) is 17.8 Å². The molecular weight excluding hydrogens is 843 g/mol. The maximum absolute atomic E-state index is 14.6. The van der Waals surface area contributed by atoms with Gasteiger partial charge in [-0.1, -0.05) is 27.7 Å². The van der Waals surface area contributed by atoms with Gasteiger partial charge in [-0.2, -0.15) is 0 Å². The first-order valence-electron chi connectivity index (χ1n) is 23.7. The predicted molar refractivity (Wildman–Crippen MR) is 245 cm³/mol. The summed E-state index contributed by atoms with van der Waals surface area (Å²) < 4.78 is 57.4. The van der Waals surface area contributed by atoms with Crippen LogP contribution in [0.2, 0.25) is 0 Å². The molecule has 3 aliphatic rings. The molecule has 65 heavy (non-hydrogen) atoms. The minimum atomic E-state index is -1.84. The van der Waals surface area contributed by atoms with Crippen molar-refractivity contribution in [2.75, 3.05) is 48.0 Å². The van der Waals surface area contributed by atoms with Crippen LogP contribution < -0.4 is 30.2 Å². The molecule has 0 radical (unpaired) electrons. The van der Waals surface area contributed by atoms with Crippen molar-refractivity contribution >= 4 is 5.97 Å². The smallest absolute Gasteiger partial charge is 0.311 e. The van der Waals surface area contributed by atoms with Gasteiger partial charge in [0.05, 0.1) is 56.2 Å². The summed E-state index contributed by atoms with van der Waals surface area (Å²) in [5.41, 5.74) is -6.07. The lowest BCUT2D eigenvalue weighted by Gasteiger charge is -2.53. The zero-order valence-corrected chi connectivity index (χ0v) is 41.8. The fraction of sp³-hybridized carbons (Fsp3) is 0.854. The lowest BCUT2D eigenvalue weighted by Crippen LogP contribution is -2.70. The number of likely N-dealkylation sites (N-methyl/N-ethyl adjacent to an activating group) is 1. The van der Waals surface area contributed by atoms with E-state index in [0.717, 1.165) is 6.42 Å². The van der Waals surface area contributed by atoms with Crippen LogP contribution >= 0.6 is 0 Å². The molecule has 3 aliphatic heterocycles. The number of hydrogen-bond donors (Lipinski definition) is 7. The van der Waals surface area contributed by atoms with Crippen molar-refractivity contribution in [1.29, 1.82) is 0 Å². The van der Waals surface area contributed by atoms with E-state index in [-0.39, 0.29) is 43.9 Å². The molecule has 0 amide bonds. The van der Waals surface area contributed by atoms with E-state index in [0.29, 0.717) is 36.8 Å². The van der Waals surface area contributed by atoms with Gasteiger partial charge in [0.25, 0.3) is 0 Å². The SMILES string of the molecule is CCCNC[C@]1(O)[C@H](C)O[C@@H](O[C@H]2[C@H](C)[C@@H](O[C@@H]3O[C@H](C)C[C@H](NC)[C@H]3Oc3cc(OC)ccc3OC)[C@](C)(O)C[C@@H](C)CN[C@H](C)[C@@H](O)[C@](C)(O)[C@@H](CC)OC(=O)[C@@H]2C)C[C@@]1(C)OC. The monoisotopic (exact) mass is 928 g/mol. The zero-order chi connectivity index (χ0) is 48.7. The molecule has 7 N–H and O–H groups in total. The van der Waals surface area contributed by atoms with Crippen molar-refractivity contribution < 1.29 is 67.9 Å². The van der Waals surface area contributed by atoms with Crippen LogP contribution in [-0.4, -0.2) is 164 Å². The van der Waals surface area contributed by atoms with E-state index in [1.54, 1.807) is 74.1 Å². The molecule has 3 heterocycles. The molecule has 0 saturated carbocycles. The fourth-order valence-electron chi connectivity index (χ4n) is 10.1. The third-order valence-corrected chi connectivity index (χ3v) is 14.4. The number of methoxy groups -OCH3 is 3. The molecule has 0 bridgehead atoms. The van der Waals surface area contributed by atoms with Gasteiger partial charge in [0.1, 0.15) is 34.8 Å². The highest BCUT2D eigenvalue weighted by Crippen LogP contribution is 2.44. The molecule has 376 valence electrons. The second-order valence-corrected chi connectivity index (χ2v) is 19.7. The van der Waals surface area contributed by atoms with Crippen molar-refractivity contribution in [2.45, 2.75) is 198 Å². The normalized spacial score (nSPS) is 42.6. The molecule has 0 spiro atoms. The number of rotatable bonds is 15. The topological polar surface area (TPSA) is 217 Å². The molecule has 1 aromatic carbocycles. The Morgan fingerprint density at radius 2 is 1.60 bits per heavy atom. The third kappa shape index (κ3) is 12.6. The first kappa shape index (κ1) is 55.2. The summed E-state index contributed by atoms with van der Waals surface area (Å²) in [4.78, 5) is 14.6. The van der Waals surface area contributed by atoms with Crippen LogP contribution in [0.4, 0.5) is 0 Å². The number of carbonyl (C=O) groups excluding carboxylic acids is 1. The van der Waals surface area contributed by atoms with Crippen LogP contribution in [0.1, 0.15) is 108 Å². The molecule has 0 aliphatic carbocycles. The van der Waals surface area contributed by atoms with E-state index in [2.05, 4.69) is 16.0 Å². The lowest BCUT2D eigenvalue weighted by molar-refractivity contribution is -0.335. The average molecular weight is 928 g/mol. The van der Waals surface area contributed by atoms with Gasteiger partial charge in [0.15, 0.2) is 30.2 Å². The van der Waals surface area contributed by atoms with Gasteiger partial charge in [0.2, 0.25) is 0 Å². The third-order valence-electron chi connectivity index (χ3n) is 14.4. The Balaban J connectivity index is 1.87. The molecule has 1 aromatic rings. The van der Waals surface area contributed by atoms with Crippen molar-refractivity contribution in [2.24, 2.45) is 17.8 Å². The highest BCUT2D eigenvalue weighted by atomic mass is 16.7. The Bertz CT molecular complexity index is 1640. The maximum Gasteiger partial charge on any atom is 0.311 e. The van der Waals surface area contributed by atoms with E-state index in [1.807, 2.05) is 41.7 Å². The van der Waals surface area contributed by atoms with Gasteiger partial charge in [0, 0.05) is 38.1 Å². The Morgan fingerprint density at radius 3 is 2.20 bits per heavy atom. The number of esters is 1. The number of hydrogen-bond acceptors (Lipinski definition) is 17.